The SMILES string of the molecule is CC(C)CCCCCCc1ccccc1Oc1ccccc1CCCCCCC(C)C. The van der Waals surface area contributed by atoms with Gasteiger partial charge >= 0.3 is 0 Å². The van der Waals surface area contributed by atoms with E-state index in [1.165, 1.54) is 75.3 Å². The molecule has 0 N–H and O–H groups in total. The number of hydrogen-bond acceptors (Lipinski definition) is 1. The van der Waals surface area contributed by atoms with Crippen molar-refractivity contribution in [1.29, 1.82) is 0 Å². The fraction of sp³-hybridized carbons (Fsp3) is 0.600. The van der Waals surface area contributed by atoms with Crippen molar-refractivity contribution < 1.29 is 4.74 Å². The van der Waals surface area contributed by atoms with Crippen molar-refractivity contribution in [3.8, 4) is 11.5 Å². The molecular formula is C30H46O. The zero-order chi connectivity index (χ0) is 22.3. The first kappa shape index (κ1) is 25.5. The summed E-state index contributed by atoms with van der Waals surface area (Å²) in [6.07, 6.45) is 15.5. The molecule has 172 valence electrons. The molecule has 1 heteroatoms. The average Bonchev–Trinajstić information content (AvgIpc) is 2.75. The van der Waals surface area contributed by atoms with Crippen LogP contribution in [0, 0.1) is 11.8 Å². The predicted molar refractivity (Wildman–Crippen MR) is 136 cm³/mol. The second-order valence-electron chi connectivity index (χ2n) is 10.0. The van der Waals surface area contributed by atoms with E-state index in [-0.39, 0.29) is 0 Å². The summed E-state index contributed by atoms with van der Waals surface area (Å²) in [5.74, 6) is 3.73. The molecule has 1 nitrogen and oxygen atoms in total. The van der Waals surface area contributed by atoms with Gasteiger partial charge in [-0.05, 0) is 60.8 Å². The van der Waals surface area contributed by atoms with Crippen LogP contribution in [0.15, 0.2) is 48.5 Å². The second kappa shape index (κ2) is 15.1. The van der Waals surface area contributed by atoms with E-state index in [9.17, 15) is 0 Å². The third-order valence-electron chi connectivity index (χ3n) is 6.12. The van der Waals surface area contributed by atoms with Crippen molar-refractivity contribution in [3.05, 3.63) is 59.7 Å². The Labute approximate surface area is 192 Å². The molecule has 0 amide bonds. The number of unbranched alkanes of at least 4 members (excludes halogenated alkanes) is 6. The van der Waals surface area contributed by atoms with Gasteiger partial charge in [0.05, 0.1) is 0 Å². The zero-order valence-corrected chi connectivity index (χ0v) is 20.7. The average molecular weight is 423 g/mol. The lowest BCUT2D eigenvalue weighted by molar-refractivity contribution is 0.465. The van der Waals surface area contributed by atoms with Gasteiger partial charge in [0.15, 0.2) is 0 Å². The third kappa shape index (κ3) is 10.9. The monoisotopic (exact) mass is 422 g/mol. The molecule has 0 aliphatic carbocycles. The van der Waals surface area contributed by atoms with Crippen molar-refractivity contribution in [2.45, 2.75) is 105 Å². The van der Waals surface area contributed by atoms with E-state index < -0.39 is 0 Å². The van der Waals surface area contributed by atoms with E-state index in [0.717, 1.165) is 36.2 Å². The highest BCUT2D eigenvalue weighted by molar-refractivity contribution is 5.41. The topological polar surface area (TPSA) is 9.23 Å². The van der Waals surface area contributed by atoms with Gasteiger partial charge in [0.1, 0.15) is 11.5 Å². The van der Waals surface area contributed by atoms with Crippen molar-refractivity contribution in [2.24, 2.45) is 11.8 Å². The number of hydrogen-bond donors (Lipinski definition) is 0. The van der Waals surface area contributed by atoms with Crippen LogP contribution < -0.4 is 4.74 Å². The van der Waals surface area contributed by atoms with E-state index in [2.05, 4.69) is 76.2 Å². The first-order valence-electron chi connectivity index (χ1n) is 12.9. The molecule has 0 radical (unpaired) electrons. The van der Waals surface area contributed by atoms with Crippen LogP contribution in [0.3, 0.4) is 0 Å². The Hall–Kier alpha value is -1.76. The lowest BCUT2D eigenvalue weighted by Crippen LogP contribution is -1.96. The summed E-state index contributed by atoms with van der Waals surface area (Å²) >= 11 is 0. The summed E-state index contributed by atoms with van der Waals surface area (Å²) in [5.41, 5.74) is 2.68. The molecule has 0 bridgehead atoms. The van der Waals surface area contributed by atoms with Gasteiger partial charge in [0.25, 0.3) is 0 Å². The standard InChI is InChI=1S/C30H46O/c1-25(2)17-9-5-7-11-19-27-21-13-15-23-29(27)31-30-24-16-14-22-28(30)20-12-8-6-10-18-26(3)4/h13-16,21-26H,5-12,17-20H2,1-4H3. The quantitative estimate of drug-likeness (QED) is 0.245. The lowest BCUT2D eigenvalue weighted by Gasteiger charge is -2.14. The van der Waals surface area contributed by atoms with Gasteiger partial charge in [-0.3, -0.25) is 0 Å². The van der Waals surface area contributed by atoms with Gasteiger partial charge in [-0.15, -0.1) is 0 Å². The number of para-hydroxylation sites is 2. The van der Waals surface area contributed by atoms with Crippen molar-refractivity contribution in [3.63, 3.8) is 0 Å². The van der Waals surface area contributed by atoms with Crippen LogP contribution in [-0.4, -0.2) is 0 Å². The summed E-state index contributed by atoms with van der Waals surface area (Å²) in [5, 5.41) is 0. The summed E-state index contributed by atoms with van der Waals surface area (Å²) in [6, 6.07) is 17.2. The molecule has 0 saturated heterocycles. The molecule has 0 heterocycles. The largest absolute Gasteiger partial charge is 0.457 e. The Kier molecular flexibility index (Phi) is 12.4. The minimum Gasteiger partial charge on any atom is -0.457 e. The van der Waals surface area contributed by atoms with Crippen LogP contribution in [0.5, 0.6) is 11.5 Å². The van der Waals surface area contributed by atoms with Gasteiger partial charge in [0.2, 0.25) is 0 Å². The van der Waals surface area contributed by atoms with E-state index in [0.29, 0.717) is 0 Å². The van der Waals surface area contributed by atoms with Crippen LogP contribution in [0.1, 0.15) is 103 Å². The van der Waals surface area contributed by atoms with E-state index in [1.807, 2.05) is 0 Å². The first-order chi connectivity index (χ1) is 15.1. The molecule has 2 aromatic rings. The maximum Gasteiger partial charge on any atom is 0.130 e. The summed E-state index contributed by atoms with van der Waals surface area (Å²) in [6.45, 7) is 9.27. The smallest absolute Gasteiger partial charge is 0.130 e. The minimum absolute atomic E-state index is 0.828. The molecule has 0 spiro atoms. The summed E-state index contributed by atoms with van der Waals surface area (Å²) < 4.78 is 6.46. The minimum atomic E-state index is 0.828. The Bertz CT molecular complexity index is 654. The van der Waals surface area contributed by atoms with Gasteiger partial charge in [-0.25, -0.2) is 0 Å². The molecule has 0 fully saturated rings. The molecule has 0 aliphatic rings. The molecule has 31 heavy (non-hydrogen) atoms. The second-order valence-corrected chi connectivity index (χ2v) is 10.0. The van der Waals surface area contributed by atoms with E-state index in [4.69, 9.17) is 4.74 Å². The van der Waals surface area contributed by atoms with Gasteiger partial charge in [0, 0.05) is 0 Å². The Morgan fingerprint density at radius 1 is 0.516 bits per heavy atom. The van der Waals surface area contributed by atoms with Gasteiger partial charge < -0.3 is 4.74 Å². The molecule has 0 unspecified atom stereocenters. The zero-order valence-electron chi connectivity index (χ0n) is 20.7. The molecule has 0 aliphatic heterocycles. The van der Waals surface area contributed by atoms with Gasteiger partial charge in [-0.2, -0.15) is 0 Å². The lowest BCUT2D eigenvalue weighted by atomic mass is 10.0. The maximum atomic E-state index is 6.46. The van der Waals surface area contributed by atoms with Crippen molar-refractivity contribution in [1.82, 2.24) is 0 Å². The van der Waals surface area contributed by atoms with Crippen molar-refractivity contribution >= 4 is 0 Å². The summed E-state index contributed by atoms with van der Waals surface area (Å²) in [4.78, 5) is 0. The van der Waals surface area contributed by atoms with Crippen molar-refractivity contribution in [2.75, 3.05) is 0 Å². The van der Waals surface area contributed by atoms with Crippen LogP contribution >= 0.6 is 0 Å². The van der Waals surface area contributed by atoms with Gasteiger partial charge in [-0.1, -0.05) is 115 Å². The highest BCUT2D eigenvalue weighted by Crippen LogP contribution is 2.30. The predicted octanol–water partition coefficient (Wildman–Crippen LogP) is 9.78. The molecule has 0 aromatic heterocycles. The van der Waals surface area contributed by atoms with E-state index in [1.54, 1.807) is 0 Å². The molecule has 0 saturated carbocycles. The highest BCUT2D eigenvalue weighted by Gasteiger charge is 2.08. The number of rotatable bonds is 16. The molecule has 2 rings (SSSR count). The van der Waals surface area contributed by atoms with Crippen LogP contribution in [0.25, 0.3) is 0 Å². The molecule has 2 aromatic carbocycles. The number of benzene rings is 2. The van der Waals surface area contributed by atoms with Crippen LogP contribution in [0.2, 0.25) is 0 Å². The van der Waals surface area contributed by atoms with E-state index >= 15 is 0 Å². The fourth-order valence-electron chi connectivity index (χ4n) is 4.18. The third-order valence-corrected chi connectivity index (χ3v) is 6.12. The Morgan fingerprint density at radius 2 is 0.903 bits per heavy atom. The summed E-state index contributed by atoms with van der Waals surface area (Å²) in [7, 11) is 0. The Morgan fingerprint density at radius 3 is 1.32 bits per heavy atom. The Balaban J connectivity index is 1.84. The van der Waals surface area contributed by atoms with Crippen LogP contribution in [0.4, 0.5) is 0 Å². The number of ether oxygens (including phenoxy) is 1. The molecular weight excluding hydrogens is 376 g/mol. The number of aryl methyl sites for hydroxylation is 2. The normalized spacial score (nSPS) is 11.4. The fourth-order valence-corrected chi connectivity index (χ4v) is 4.18. The highest BCUT2D eigenvalue weighted by atomic mass is 16.5. The van der Waals surface area contributed by atoms with Crippen LogP contribution in [-0.2, 0) is 12.8 Å². The first-order valence-corrected chi connectivity index (χ1v) is 12.9. The molecule has 0 atom stereocenters. The maximum absolute atomic E-state index is 6.46.